The highest BCUT2D eigenvalue weighted by Gasteiger charge is 2.32. The Balaban J connectivity index is 1.37. The molecule has 1 aliphatic heterocycles. The summed E-state index contributed by atoms with van der Waals surface area (Å²) in [5, 5.41) is 14.3. The predicted octanol–water partition coefficient (Wildman–Crippen LogP) is 4.13. The van der Waals surface area contributed by atoms with E-state index in [1.54, 1.807) is 66.9 Å². The zero-order valence-electron chi connectivity index (χ0n) is 21.8. The number of hydrogen-bond acceptors (Lipinski definition) is 7. The third kappa shape index (κ3) is 5.21. The number of ketones is 1. The van der Waals surface area contributed by atoms with Crippen molar-refractivity contribution >= 4 is 27.1 Å². The second kappa shape index (κ2) is 9.96. The number of sulfone groups is 1. The quantitative estimate of drug-likeness (QED) is 0.357. The van der Waals surface area contributed by atoms with Crippen LogP contribution >= 0.6 is 0 Å². The van der Waals surface area contributed by atoms with Crippen LogP contribution in [-0.2, 0) is 21.9 Å². The van der Waals surface area contributed by atoms with Gasteiger partial charge in [-0.15, -0.1) is 0 Å². The molecule has 1 fully saturated rings. The van der Waals surface area contributed by atoms with Crippen LogP contribution in [0.5, 0.6) is 0 Å². The van der Waals surface area contributed by atoms with Crippen molar-refractivity contribution in [2.75, 3.05) is 18.0 Å². The number of carbonyl (C=O) groups excluding carboxylic acids is 1. The van der Waals surface area contributed by atoms with Gasteiger partial charge in [0.25, 0.3) is 0 Å². The molecule has 0 amide bonds. The maximum absolute atomic E-state index is 13.1. The fourth-order valence-electron chi connectivity index (χ4n) is 4.97. The Morgan fingerprint density at radius 3 is 2.32 bits per heavy atom. The van der Waals surface area contributed by atoms with Crippen LogP contribution in [0, 0.1) is 6.92 Å². The fraction of sp³-hybridized carbons (Fsp3) is 0.345. The first kappa shape index (κ1) is 26.1. The Hall–Kier alpha value is -3.56. The maximum atomic E-state index is 13.1. The number of benzene rings is 2. The van der Waals surface area contributed by atoms with Crippen LogP contribution < -0.4 is 4.90 Å². The normalized spacial score (nSPS) is 15.2. The number of piperidine rings is 1. The molecule has 0 bridgehead atoms. The Morgan fingerprint density at radius 1 is 1.03 bits per heavy atom. The maximum Gasteiger partial charge on any atom is 0.181 e. The molecule has 4 aromatic rings. The summed E-state index contributed by atoms with van der Waals surface area (Å²) in [4.78, 5) is 20.3. The van der Waals surface area contributed by atoms with Crippen molar-refractivity contribution in [1.82, 2.24) is 14.6 Å². The van der Waals surface area contributed by atoms with Crippen molar-refractivity contribution in [3.05, 3.63) is 89.2 Å². The van der Waals surface area contributed by atoms with E-state index in [0.29, 0.717) is 47.7 Å². The number of aliphatic hydroxyl groups is 1. The smallest absolute Gasteiger partial charge is 0.181 e. The molecule has 38 heavy (non-hydrogen) atoms. The van der Waals surface area contributed by atoms with Gasteiger partial charge in [-0.25, -0.2) is 13.4 Å². The van der Waals surface area contributed by atoms with Gasteiger partial charge in [-0.3, -0.25) is 4.79 Å². The minimum absolute atomic E-state index is 0.0704. The van der Waals surface area contributed by atoms with Crippen molar-refractivity contribution in [2.24, 2.45) is 0 Å². The molecule has 1 saturated heterocycles. The highest BCUT2D eigenvalue weighted by Crippen LogP contribution is 2.28. The molecule has 3 heterocycles. The molecule has 5 rings (SSSR count). The summed E-state index contributed by atoms with van der Waals surface area (Å²) in [5.41, 5.74) is 2.41. The Morgan fingerprint density at radius 2 is 1.68 bits per heavy atom. The lowest BCUT2D eigenvalue weighted by Crippen LogP contribution is -2.40. The topological polar surface area (TPSA) is 105 Å². The molecule has 1 N–H and O–H groups in total. The molecule has 2 aromatic heterocycles. The van der Waals surface area contributed by atoms with E-state index in [9.17, 15) is 18.3 Å². The standard InChI is InChI=1S/C29H32N4O4S/c1-20-17-27-30-23(18-26(34)21-9-11-22(12-10-21)29(2,3)35)19-28(33(27)31-20)32-15-13-25(14-16-32)38(36,37)24-7-5-4-6-8-24/h4-12,17,19,25,35H,13-16,18H2,1-3H3. The number of aryl methyl sites for hydroxylation is 1. The predicted molar refractivity (Wildman–Crippen MR) is 146 cm³/mol. The van der Waals surface area contributed by atoms with Gasteiger partial charge in [0.05, 0.1) is 33.6 Å². The third-order valence-electron chi connectivity index (χ3n) is 7.12. The summed E-state index contributed by atoms with van der Waals surface area (Å²) in [6.07, 6.45) is 1.13. The molecule has 0 saturated carbocycles. The van der Waals surface area contributed by atoms with Gasteiger partial charge in [-0.05, 0) is 51.3 Å². The van der Waals surface area contributed by atoms with Crippen LogP contribution in [0.15, 0.2) is 71.6 Å². The lowest BCUT2D eigenvalue weighted by Gasteiger charge is -2.33. The number of fused-ring (bicyclic) bond motifs is 1. The van der Waals surface area contributed by atoms with Crippen molar-refractivity contribution in [3.8, 4) is 0 Å². The van der Waals surface area contributed by atoms with E-state index >= 15 is 0 Å². The molecule has 0 aliphatic carbocycles. The number of aromatic nitrogens is 3. The van der Waals surface area contributed by atoms with E-state index in [0.717, 1.165) is 17.1 Å². The lowest BCUT2D eigenvalue weighted by molar-refractivity contribution is 0.0784. The van der Waals surface area contributed by atoms with E-state index in [4.69, 9.17) is 0 Å². The number of Topliss-reactive ketones (excluding diaryl/α,β-unsaturated/α-hetero) is 1. The molecule has 0 radical (unpaired) electrons. The van der Waals surface area contributed by atoms with Crippen LogP contribution in [0.1, 0.15) is 54.0 Å². The van der Waals surface area contributed by atoms with E-state index in [-0.39, 0.29) is 12.2 Å². The summed E-state index contributed by atoms with van der Waals surface area (Å²) in [6.45, 7) is 6.42. The van der Waals surface area contributed by atoms with Gasteiger partial charge in [-0.2, -0.15) is 9.61 Å². The summed E-state index contributed by atoms with van der Waals surface area (Å²) >= 11 is 0. The van der Waals surface area contributed by atoms with Gasteiger partial charge in [-0.1, -0.05) is 42.5 Å². The van der Waals surface area contributed by atoms with E-state index in [2.05, 4.69) is 15.0 Å². The van der Waals surface area contributed by atoms with Gasteiger partial charge in [0, 0.05) is 30.8 Å². The summed E-state index contributed by atoms with van der Waals surface area (Å²) in [5.74, 6) is 0.734. The number of anilines is 1. The summed E-state index contributed by atoms with van der Waals surface area (Å²) < 4.78 is 28.0. The molecule has 1 aliphatic rings. The monoisotopic (exact) mass is 532 g/mol. The van der Waals surface area contributed by atoms with Crippen LogP contribution in [-0.4, -0.2) is 52.2 Å². The van der Waals surface area contributed by atoms with Crippen LogP contribution in [0.3, 0.4) is 0 Å². The van der Waals surface area contributed by atoms with Gasteiger partial charge < -0.3 is 10.0 Å². The second-order valence-corrected chi connectivity index (χ2v) is 12.7. The largest absolute Gasteiger partial charge is 0.386 e. The van der Waals surface area contributed by atoms with Crippen LogP contribution in [0.2, 0.25) is 0 Å². The minimum atomic E-state index is -3.39. The molecule has 2 aromatic carbocycles. The number of rotatable bonds is 7. The molecule has 198 valence electrons. The van der Waals surface area contributed by atoms with Gasteiger partial charge in [0.1, 0.15) is 5.82 Å². The molecule has 0 unspecified atom stereocenters. The van der Waals surface area contributed by atoms with E-state index < -0.39 is 20.7 Å². The Kier molecular flexibility index (Phi) is 6.83. The molecule has 9 heteroatoms. The minimum Gasteiger partial charge on any atom is -0.386 e. The first-order valence-electron chi connectivity index (χ1n) is 12.8. The fourth-order valence-corrected chi connectivity index (χ4v) is 6.72. The van der Waals surface area contributed by atoms with E-state index in [1.807, 2.05) is 25.1 Å². The molecule has 0 spiro atoms. The first-order valence-corrected chi connectivity index (χ1v) is 14.3. The number of hydrogen-bond donors (Lipinski definition) is 1. The molecular formula is C29H32N4O4S. The first-order chi connectivity index (χ1) is 18.0. The average Bonchev–Trinajstić information content (AvgIpc) is 3.28. The molecule has 0 atom stereocenters. The number of carbonyl (C=O) groups is 1. The highest BCUT2D eigenvalue weighted by molar-refractivity contribution is 7.92. The van der Waals surface area contributed by atoms with Crippen molar-refractivity contribution < 1.29 is 18.3 Å². The molecular weight excluding hydrogens is 500 g/mol. The summed E-state index contributed by atoms with van der Waals surface area (Å²) in [6, 6.07) is 19.4. The zero-order valence-corrected chi connectivity index (χ0v) is 22.6. The van der Waals surface area contributed by atoms with Crippen molar-refractivity contribution in [2.45, 2.75) is 55.8 Å². The van der Waals surface area contributed by atoms with Gasteiger partial charge in [0.15, 0.2) is 21.3 Å². The average molecular weight is 533 g/mol. The van der Waals surface area contributed by atoms with Crippen molar-refractivity contribution in [3.63, 3.8) is 0 Å². The summed E-state index contributed by atoms with van der Waals surface area (Å²) in [7, 11) is -3.39. The number of nitrogens with zero attached hydrogens (tertiary/aromatic N) is 4. The van der Waals surface area contributed by atoms with Crippen LogP contribution in [0.4, 0.5) is 5.82 Å². The highest BCUT2D eigenvalue weighted by atomic mass is 32.2. The van der Waals surface area contributed by atoms with Crippen LogP contribution in [0.25, 0.3) is 5.65 Å². The Bertz CT molecular complexity index is 1560. The van der Waals surface area contributed by atoms with Crippen molar-refractivity contribution in [1.29, 1.82) is 0 Å². The SMILES string of the molecule is Cc1cc2nc(CC(=O)c3ccc(C(C)(C)O)cc3)cc(N3CCC(S(=O)(=O)c4ccccc4)CC3)n2n1. The zero-order chi connectivity index (χ0) is 27.1. The lowest BCUT2D eigenvalue weighted by atomic mass is 9.96. The Labute approximate surface area is 222 Å². The molecule has 8 nitrogen and oxygen atoms in total. The second-order valence-electron chi connectivity index (χ2n) is 10.4. The van der Waals surface area contributed by atoms with E-state index in [1.165, 1.54) is 0 Å². The van der Waals surface area contributed by atoms with Gasteiger partial charge >= 0.3 is 0 Å². The van der Waals surface area contributed by atoms with Gasteiger partial charge in [0.2, 0.25) is 0 Å². The third-order valence-corrected chi connectivity index (χ3v) is 9.39.